The van der Waals surface area contributed by atoms with E-state index in [1.54, 1.807) is 11.8 Å². The Balaban J connectivity index is 1.56. The summed E-state index contributed by atoms with van der Waals surface area (Å²) >= 11 is 0. The Kier molecular flexibility index (Phi) is 6.87. The van der Waals surface area contributed by atoms with Gasteiger partial charge in [0.25, 0.3) is 0 Å². The summed E-state index contributed by atoms with van der Waals surface area (Å²) in [6.07, 6.45) is -0.630. The van der Waals surface area contributed by atoms with E-state index in [0.29, 0.717) is 6.42 Å². The van der Waals surface area contributed by atoms with Gasteiger partial charge in [-0.2, -0.15) is 0 Å². The van der Waals surface area contributed by atoms with Gasteiger partial charge in [-0.25, -0.2) is 4.79 Å². The summed E-state index contributed by atoms with van der Waals surface area (Å²) in [6.45, 7) is 1.86. The fourth-order valence-corrected chi connectivity index (χ4v) is 5.35. The molecule has 7 nitrogen and oxygen atoms in total. The smallest absolute Gasteiger partial charge is 0.326 e. The molecule has 0 aliphatic carbocycles. The number of amides is 3. The third kappa shape index (κ3) is 4.41. The van der Waals surface area contributed by atoms with Crippen LogP contribution in [0.3, 0.4) is 0 Å². The summed E-state index contributed by atoms with van der Waals surface area (Å²) in [6, 6.07) is 29.9. The number of rotatable bonds is 7. The van der Waals surface area contributed by atoms with Crippen LogP contribution in [0.4, 0.5) is 4.79 Å². The van der Waals surface area contributed by atoms with Crippen molar-refractivity contribution in [2.75, 3.05) is 13.2 Å². The Morgan fingerprint density at radius 3 is 1.89 bits per heavy atom. The summed E-state index contributed by atoms with van der Waals surface area (Å²) in [5, 5.41) is 16.6. The third-order valence-corrected chi connectivity index (χ3v) is 7.20. The molecular formula is C29H31N3O4. The number of hydrogen-bond donors (Lipinski definition) is 3. The first kappa shape index (κ1) is 24.2. The van der Waals surface area contributed by atoms with Crippen LogP contribution in [0.15, 0.2) is 91.0 Å². The normalized spacial score (nSPS) is 24.6. The standard InChI is InChI=1S/C29H31N3O4/c1-20-18-32(28(35)30-27(20)34)26-17-24(25(19-33)36-26)31-29(21-11-5-2-6-12-21,22-13-7-3-8-14-22)23-15-9-4-10-16-23/h2-16,20,24-26,31,33H,17-19H2,1H3,(H,30,34,35)/t20?,24-,25+,26+/m0/s1. The number of aliphatic hydroxyl groups is 1. The molecule has 3 aromatic rings. The van der Waals surface area contributed by atoms with Crippen LogP contribution in [0.5, 0.6) is 0 Å². The maximum atomic E-state index is 12.6. The Morgan fingerprint density at radius 2 is 1.42 bits per heavy atom. The van der Waals surface area contributed by atoms with Gasteiger partial charge in [0, 0.05) is 19.0 Å². The SMILES string of the molecule is CC1CN([C@H]2C[C@H](NC(c3ccccc3)(c3ccccc3)c3ccccc3)[C@@H](CO)O2)C(=O)NC1=O. The lowest BCUT2D eigenvalue weighted by molar-refractivity contribution is -0.128. The van der Waals surface area contributed by atoms with Crippen molar-refractivity contribution in [2.45, 2.75) is 37.3 Å². The highest BCUT2D eigenvalue weighted by Gasteiger charge is 2.47. The van der Waals surface area contributed by atoms with Crippen LogP contribution in [0.1, 0.15) is 30.0 Å². The van der Waals surface area contributed by atoms with Gasteiger partial charge in [0.15, 0.2) is 0 Å². The van der Waals surface area contributed by atoms with Gasteiger partial charge in [-0.1, -0.05) is 97.9 Å². The van der Waals surface area contributed by atoms with Gasteiger partial charge in [0.2, 0.25) is 5.91 Å². The Hall–Kier alpha value is -3.52. The number of urea groups is 1. The molecule has 1 unspecified atom stereocenters. The zero-order valence-electron chi connectivity index (χ0n) is 20.2. The van der Waals surface area contributed by atoms with Crippen LogP contribution in [0.25, 0.3) is 0 Å². The van der Waals surface area contributed by atoms with Crippen molar-refractivity contribution < 1.29 is 19.4 Å². The molecule has 0 radical (unpaired) electrons. The molecule has 3 aromatic carbocycles. The Morgan fingerprint density at radius 1 is 0.917 bits per heavy atom. The third-order valence-electron chi connectivity index (χ3n) is 7.20. The summed E-state index contributed by atoms with van der Waals surface area (Å²) in [7, 11) is 0. The lowest BCUT2D eigenvalue weighted by Crippen LogP contribution is -2.57. The quantitative estimate of drug-likeness (QED) is 0.447. The van der Waals surface area contributed by atoms with Crippen molar-refractivity contribution >= 4 is 11.9 Å². The first-order chi connectivity index (χ1) is 17.5. The van der Waals surface area contributed by atoms with E-state index in [9.17, 15) is 14.7 Å². The van der Waals surface area contributed by atoms with E-state index >= 15 is 0 Å². The van der Waals surface area contributed by atoms with Crippen molar-refractivity contribution in [1.29, 1.82) is 0 Å². The number of ether oxygens (including phenoxy) is 1. The lowest BCUT2D eigenvalue weighted by atomic mass is 9.76. The van der Waals surface area contributed by atoms with Crippen LogP contribution in [-0.2, 0) is 15.1 Å². The van der Waals surface area contributed by atoms with Crippen LogP contribution in [-0.4, -0.2) is 53.5 Å². The van der Waals surface area contributed by atoms with Gasteiger partial charge in [0.1, 0.15) is 6.23 Å². The predicted molar refractivity (Wildman–Crippen MR) is 136 cm³/mol. The number of nitrogens with zero attached hydrogens (tertiary/aromatic N) is 1. The van der Waals surface area contributed by atoms with Gasteiger partial charge < -0.3 is 9.84 Å². The molecule has 3 amide bonds. The van der Waals surface area contributed by atoms with Gasteiger partial charge in [-0.05, 0) is 16.7 Å². The molecule has 2 fully saturated rings. The molecule has 0 saturated carbocycles. The summed E-state index contributed by atoms with van der Waals surface area (Å²) in [5.41, 5.74) is 2.43. The van der Waals surface area contributed by atoms with Crippen molar-refractivity contribution in [1.82, 2.24) is 15.5 Å². The molecule has 36 heavy (non-hydrogen) atoms. The summed E-state index contributed by atoms with van der Waals surface area (Å²) in [5.74, 6) is -0.609. The molecule has 7 heteroatoms. The first-order valence-electron chi connectivity index (χ1n) is 12.3. The second-order valence-corrected chi connectivity index (χ2v) is 9.49. The average Bonchev–Trinajstić information content (AvgIpc) is 3.33. The van der Waals surface area contributed by atoms with E-state index in [-0.39, 0.29) is 31.0 Å². The highest BCUT2D eigenvalue weighted by Crippen LogP contribution is 2.39. The molecule has 0 bridgehead atoms. The first-order valence-corrected chi connectivity index (χ1v) is 12.3. The van der Waals surface area contributed by atoms with Crippen molar-refractivity contribution in [3.63, 3.8) is 0 Å². The molecule has 5 rings (SSSR count). The lowest BCUT2D eigenvalue weighted by Gasteiger charge is -2.40. The minimum atomic E-state index is -0.729. The largest absolute Gasteiger partial charge is 0.394 e. The number of aliphatic hydroxyl groups excluding tert-OH is 1. The molecular weight excluding hydrogens is 454 g/mol. The number of imide groups is 1. The fourth-order valence-electron chi connectivity index (χ4n) is 5.35. The Bertz CT molecular complexity index is 1090. The van der Waals surface area contributed by atoms with Crippen LogP contribution in [0, 0.1) is 5.92 Å². The van der Waals surface area contributed by atoms with Gasteiger partial charge in [-0.3, -0.25) is 20.3 Å². The second-order valence-electron chi connectivity index (χ2n) is 9.49. The molecule has 2 aliphatic heterocycles. The van der Waals surface area contributed by atoms with E-state index in [0.717, 1.165) is 16.7 Å². The predicted octanol–water partition coefficient (Wildman–Crippen LogP) is 3.23. The number of nitrogens with one attached hydrogen (secondary N) is 2. The molecule has 0 aromatic heterocycles. The van der Waals surface area contributed by atoms with E-state index in [1.165, 1.54) is 0 Å². The van der Waals surface area contributed by atoms with E-state index in [4.69, 9.17) is 4.74 Å². The molecule has 2 saturated heterocycles. The topological polar surface area (TPSA) is 90.9 Å². The van der Waals surface area contributed by atoms with E-state index in [2.05, 4.69) is 47.0 Å². The average molecular weight is 486 g/mol. The maximum Gasteiger partial charge on any atom is 0.326 e. The molecule has 186 valence electrons. The van der Waals surface area contributed by atoms with Crippen molar-refractivity contribution in [2.24, 2.45) is 5.92 Å². The number of hydrogen-bond acceptors (Lipinski definition) is 5. The Labute approximate surface area is 211 Å². The zero-order valence-corrected chi connectivity index (χ0v) is 20.2. The van der Waals surface area contributed by atoms with E-state index < -0.39 is 23.9 Å². The molecule has 2 heterocycles. The minimum absolute atomic E-state index is 0.202. The number of carbonyl (C=O) groups is 2. The van der Waals surface area contributed by atoms with Gasteiger partial charge in [0.05, 0.1) is 24.2 Å². The molecule has 4 atom stereocenters. The van der Waals surface area contributed by atoms with E-state index in [1.807, 2.05) is 54.6 Å². The molecule has 2 aliphatic rings. The van der Waals surface area contributed by atoms with Gasteiger partial charge in [-0.15, -0.1) is 0 Å². The second kappa shape index (κ2) is 10.2. The van der Waals surface area contributed by atoms with Crippen molar-refractivity contribution in [3.8, 4) is 0 Å². The van der Waals surface area contributed by atoms with Crippen LogP contribution in [0.2, 0.25) is 0 Å². The number of carbonyl (C=O) groups excluding carboxylic acids is 2. The minimum Gasteiger partial charge on any atom is -0.394 e. The summed E-state index contributed by atoms with van der Waals surface area (Å²) < 4.78 is 6.21. The van der Waals surface area contributed by atoms with Crippen LogP contribution < -0.4 is 10.6 Å². The monoisotopic (exact) mass is 485 g/mol. The van der Waals surface area contributed by atoms with Crippen LogP contribution >= 0.6 is 0 Å². The van der Waals surface area contributed by atoms with Crippen molar-refractivity contribution in [3.05, 3.63) is 108 Å². The fraction of sp³-hybridized carbons (Fsp3) is 0.310. The summed E-state index contributed by atoms with van der Waals surface area (Å²) in [4.78, 5) is 26.1. The highest BCUT2D eigenvalue weighted by molar-refractivity contribution is 5.97. The highest BCUT2D eigenvalue weighted by atomic mass is 16.5. The molecule has 3 N–H and O–H groups in total. The maximum absolute atomic E-state index is 12.6. The zero-order chi connectivity index (χ0) is 25.1. The molecule has 0 spiro atoms. The number of benzene rings is 3. The van der Waals surface area contributed by atoms with Gasteiger partial charge >= 0.3 is 6.03 Å².